The van der Waals surface area contributed by atoms with Crippen LogP contribution in [0.25, 0.3) is 0 Å². The van der Waals surface area contributed by atoms with Gasteiger partial charge < -0.3 is 0 Å². The number of halogens is 1. The van der Waals surface area contributed by atoms with Gasteiger partial charge in [0.1, 0.15) is 5.69 Å². The van der Waals surface area contributed by atoms with E-state index in [-0.39, 0.29) is 22.9 Å². The van der Waals surface area contributed by atoms with Gasteiger partial charge in [0.2, 0.25) is 0 Å². The Balaban J connectivity index is 2.08. The van der Waals surface area contributed by atoms with Gasteiger partial charge in [-0.2, -0.15) is 8.42 Å². The SMILES string of the molecule is Cc1nnc(S(=O)(=O)Nc2ccccc2Cl)n(Cc2ccccc2)c1=O. The zero-order chi connectivity index (χ0) is 18.7. The number of aromatic nitrogens is 3. The van der Waals surface area contributed by atoms with Crippen LogP contribution in [0, 0.1) is 6.92 Å². The van der Waals surface area contributed by atoms with Crippen LogP contribution >= 0.6 is 11.6 Å². The summed E-state index contributed by atoms with van der Waals surface area (Å²) in [5.74, 6) is 0. The zero-order valence-corrected chi connectivity index (χ0v) is 15.3. The van der Waals surface area contributed by atoms with Gasteiger partial charge in [-0.3, -0.25) is 14.1 Å². The van der Waals surface area contributed by atoms with E-state index in [1.54, 1.807) is 42.5 Å². The van der Waals surface area contributed by atoms with Gasteiger partial charge in [0.05, 0.1) is 17.3 Å². The lowest BCUT2D eigenvalue weighted by Crippen LogP contribution is -2.32. The molecule has 0 atom stereocenters. The van der Waals surface area contributed by atoms with E-state index in [4.69, 9.17) is 11.6 Å². The molecule has 0 saturated heterocycles. The third-order valence-corrected chi connectivity index (χ3v) is 5.21. The average Bonchev–Trinajstić information content (AvgIpc) is 2.61. The van der Waals surface area contributed by atoms with Crippen molar-refractivity contribution in [3.63, 3.8) is 0 Å². The molecular weight excluding hydrogens is 376 g/mol. The third-order valence-electron chi connectivity index (χ3n) is 3.61. The summed E-state index contributed by atoms with van der Waals surface area (Å²) >= 11 is 6.01. The molecule has 1 aromatic heterocycles. The predicted molar refractivity (Wildman–Crippen MR) is 98.8 cm³/mol. The Bertz CT molecular complexity index is 1100. The Morgan fingerprint density at radius 1 is 1.04 bits per heavy atom. The van der Waals surface area contributed by atoms with E-state index in [2.05, 4.69) is 14.9 Å². The lowest BCUT2D eigenvalue weighted by molar-refractivity contribution is 0.544. The number of nitrogens with zero attached hydrogens (tertiary/aromatic N) is 3. The summed E-state index contributed by atoms with van der Waals surface area (Å²) in [6.07, 6.45) is 0. The molecule has 134 valence electrons. The first kappa shape index (κ1) is 18.1. The van der Waals surface area contributed by atoms with Crippen molar-refractivity contribution in [3.8, 4) is 0 Å². The Morgan fingerprint density at radius 3 is 2.38 bits per heavy atom. The van der Waals surface area contributed by atoms with Gasteiger partial charge in [-0.05, 0) is 24.6 Å². The number of sulfonamides is 1. The molecular formula is C17H15ClN4O3S. The number of nitrogens with one attached hydrogen (secondary N) is 1. The lowest BCUT2D eigenvalue weighted by Gasteiger charge is -2.14. The van der Waals surface area contributed by atoms with E-state index in [1.165, 1.54) is 13.0 Å². The summed E-state index contributed by atoms with van der Waals surface area (Å²) < 4.78 is 29.0. The summed E-state index contributed by atoms with van der Waals surface area (Å²) in [6, 6.07) is 15.4. The van der Waals surface area contributed by atoms with Gasteiger partial charge in [-0.1, -0.05) is 54.1 Å². The van der Waals surface area contributed by atoms with Crippen LogP contribution in [0.1, 0.15) is 11.3 Å². The van der Waals surface area contributed by atoms with E-state index in [1.807, 2.05) is 6.07 Å². The Hall–Kier alpha value is -2.71. The minimum absolute atomic E-state index is 0.0504. The molecule has 1 N–H and O–H groups in total. The quantitative estimate of drug-likeness (QED) is 0.722. The summed E-state index contributed by atoms with van der Waals surface area (Å²) in [5, 5.41) is 7.18. The van der Waals surface area contributed by atoms with Crippen molar-refractivity contribution in [3.05, 3.63) is 81.2 Å². The van der Waals surface area contributed by atoms with Gasteiger partial charge in [0, 0.05) is 0 Å². The van der Waals surface area contributed by atoms with Crippen LogP contribution in [-0.2, 0) is 16.6 Å². The number of aryl methyl sites for hydroxylation is 1. The maximum absolute atomic E-state index is 12.8. The zero-order valence-electron chi connectivity index (χ0n) is 13.8. The second-order valence-corrected chi connectivity index (χ2v) is 7.51. The Kier molecular flexibility index (Phi) is 5.06. The molecule has 0 unspecified atom stereocenters. The fourth-order valence-electron chi connectivity index (χ4n) is 2.34. The topological polar surface area (TPSA) is 93.9 Å². The third kappa shape index (κ3) is 3.76. The average molecular weight is 391 g/mol. The molecule has 0 aliphatic heterocycles. The van der Waals surface area contributed by atoms with Gasteiger partial charge in [0.15, 0.2) is 0 Å². The smallest absolute Gasteiger partial charge is 0.276 e. The summed E-state index contributed by atoms with van der Waals surface area (Å²) in [4.78, 5) is 12.5. The molecule has 3 rings (SSSR count). The first-order chi connectivity index (χ1) is 12.4. The van der Waals surface area contributed by atoms with Crippen LogP contribution < -0.4 is 10.3 Å². The highest BCUT2D eigenvalue weighted by atomic mass is 35.5. The number of para-hydroxylation sites is 1. The number of rotatable bonds is 5. The van der Waals surface area contributed by atoms with E-state index in [0.717, 1.165) is 10.1 Å². The maximum atomic E-state index is 12.8. The molecule has 2 aromatic carbocycles. The number of hydrogen-bond acceptors (Lipinski definition) is 5. The van der Waals surface area contributed by atoms with Gasteiger partial charge in [0.25, 0.3) is 20.7 Å². The van der Waals surface area contributed by atoms with Crippen LogP contribution in [0.3, 0.4) is 0 Å². The van der Waals surface area contributed by atoms with Crippen molar-refractivity contribution >= 4 is 27.3 Å². The monoisotopic (exact) mass is 390 g/mol. The largest absolute Gasteiger partial charge is 0.297 e. The van der Waals surface area contributed by atoms with Crippen molar-refractivity contribution in [2.45, 2.75) is 18.6 Å². The fraction of sp³-hybridized carbons (Fsp3) is 0.118. The first-order valence-electron chi connectivity index (χ1n) is 7.64. The van der Waals surface area contributed by atoms with Crippen molar-refractivity contribution in [1.29, 1.82) is 0 Å². The molecule has 0 aliphatic carbocycles. The lowest BCUT2D eigenvalue weighted by atomic mass is 10.2. The fourth-order valence-corrected chi connectivity index (χ4v) is 3.72. The molecule has 9 heteroatoms. The highest BCUT2D eigenvalue weighted by Gasteiger charge is 2.24. The van der Waals surface area contributed by atoms with E-state index >= 15 is 0 Å². The van der Waals surface area contributed by atoms with Crippen molar-refractivity contribution in [1.82, 2.24) is 14.8 Å². The van der Waals surface area contributed by atoms with E-state index < -0.39 is 20.7 Å². The number of anilines is 1. The molecule has 0 saturated carbocycles. The Labute approximate surface area is 155 Å². The molecule has 0 radical (unpaired) electrons. The highest BCUT2D eigenvalue weighted by Crippen LogP contribution is 2.23. The molecule has 0 fully saturated rings. The minimum Gasteiger partial charge on any atom is -0.276 e. The summed E-state index contributed by atoms with van der Waals surface area (Å²) in [5.41, 5.74) is 0.535. The van der Waals surface area contributed by atoms with Gasteiger partial charge >= 0.3 is 0 Å². The van der Waals surface area contributed by atoms with E-state index in [9.17, 15) is 13.2 Å². The van der Waals surface area contributed by atoms with Crippen molar-refractivity contribution in [2.75, 3.05) is 4.72 Å². The minimum atomic E-state index is -4.17. The highest BCUT2D eigenvalue weighted by molar-refractivity contribution is 7.92. The molecule has 3 aromatic rings. The molecule has 7 nitrogen and oxygen atoms in total. The van der Waals surface area contributed by atoms with Crippen LogP contribution in [0.15, 0.2) is 64.5 Å². The summed E-state index contributed by atoms with van der Waals surface area (Å²) in [6.45, 7) is 1.53. The van der Waals surface area contributed by atoms with Crippen LogP contribution in [-0.4, -0.2) is 23.2 Å². The second kappa shape index (κ2) is 7.27. The van der Waals surface area contributed by atoms with Crippen molar-refractivity contribution < 1.29 is 8.42 Å². The van der Waals surface area contributed by atoms with Gasteiger partial charge in [-0.25, -0.2) is 0 Å². The molecule has 26 heavy (non-hydrogen) atoms. The molecule has 0 bridgehead atoms. The standard InChI is InChI=1S/C17H15ClN4O3S/c1-12-16(23)22(11-13-7-3-2-4-8-13)17(20-19-12)26(24,25)21-15-10-6-5-9-14(15)18/h2-10,21H,11H2,1H3. The van der Waals surface area contributed by atoms with Gasteiger partial charge in [-0.15, -0.1) is 10.2 Å². The van der Waals surface area contributed by atoms with Crippen molar-refractivity contribution in [2.24, 2.45) is 0 Å². The molecule has 0 amide bonds. The number of benzene rings is 2. The summed E-state index contributed by atoms with van der Waals surface area (Å²) in [7, 11) is -4.17. The molecule has 0 spiro atoms. The normalized spacial score (nSPS) is 11.3. The van der Waals surface area contributed by atoms with Crippen LogP contribution in [0.5, 0.6) is 0 Å². The maximum Gasteiger partial charge on any atom is 0.297 e. The van der Waals surface area contributed by atoms with Crippen LogP contribution in [0.2, 0.25) is 5.02 Å². The first-order valence-corrected chi connectivity index (χ1v) is 9.50. The van der Waals surface area contributed by atoms with E-state index in [0.29, 0.717) is 0 Å². The molecule has 1 heterocycles. The molecule has 0 aliphatic rings. The van der Waals surface area contributed by atoms with Crippen LogP contribution in [0.4, 0.5) is 5.69 Å². The predicted octanol–water partition coefficient (Wildman–Crippen LogP) is 2.45. The Morgan fingerprint density at radius 2 is 1.69 bits per heavy atom. The second-order valence-electron chi connectivity index (χ2n) is 5.53. The number of hydrogen-bond donors (Lipinski definition) is 1.